The first-order valence-corrected chi connectivity index (χ1v) is 16.0. The van der Waals surface area contributed by atoms with Crippen LogP contribution >= 0.6 is 7.82 Å². The lowest BCUT2D eigenvalue weighted by Gasteiger charge is -2.42. The quantitative estimate of drug-likeness (QED) is 0.0744. The summed E-state index contributed by atoms with van der Waals surface area (Å²) in [4.78, 5) is 47.2. The largest absolute Gasteiger partial charge is 0.472 e. The van der Waals surface area contributed by atoms with Gasteiger partial charge in [-0.1, -0.05) is 19.3 Å². The average Bonchev–Trinajstić information content (AvgIpc) is 3.35. The highest BCUT2D eigenvalue weighted by molar-refractivity contribution is 7.47. The minimum absolute atomic E-state index is 0.0823. The lowest BCUT2D eigenvalue weighted by molar-refractivity contribution is -0.196. The number of rotatable bonds is 18. The van der Waals surface area contributed by atoms with Crippen LogP contribution in [0, 0.1) is 0 Å². The van der Waals surface area contributed by atoms with Gasteiger partial charge in [-0.2, -0.15) is 0 Å². The van der Waals surface area contributed by atoms with Crippen molar-refractivity contribution in [2.75, 3.05) is 33.4 Å². The number of ether oxygens (including phenoxy) is 1. The lowest BCUT2D eigenvalue weighted by atomic mass is 9.90. The van der Waals surface area contributed by atoms with Crippen LogP contribution in [-0.2, 0) is 32.7 Å². The van der Waals surface area contributed by atoms with Gasteiger partial charge >= 0.3 is 7.82 Å². The summed E-state index contributed by atoms with van der Waals surface area (Å²) in [7, 11) is -3.13. The summed E-state index contributed by atoms with van der Waals surface area (Å²) in [6, 6.07) is -1.27. The Labute approximate surface area is 246 Å². The summed E-state index contributed by atoms with van der Waals surface area (Å²) >= 11 is 0. The molecular weight excluding hydrogens is 577 g/mol. The Balaban J connectivity index is 1.58. The Morgan fingerprint density at radius 3 is 2.31 bits per heavy atom. The number of carbonyl (C=O) groups is 3. The molecule has 0 bridgehead atoms. The zero-order chi connectivity index (χ0) is 31.3. The summed E-state index contributed by atoms with van der Waals surface area (Å²) < 4.78 is 26.8. The van der Waals surface area contributed by atoms with E-state index in [2.05, 4.69) is 15.2 Å². The molecule has 2 saturated heterocycles. The molecule has 8 atom stereocenters. The van der Waals surface area contributed by atoms with E-state index in [1.54, 1.807) is 0 Å². The third kappa shape index (κ3) is 11.8. The summed E-state index contributed by atoms with van der Waals surface area (Å²) in [6.07, 6.45) is 0.540. The predicted molar refractivity (Wildman–Crippen MR) is 149 cm³/mol. The summed E-state index contributed by atoms with van der Waals surface area (Å²) in [5.41, 5.74) is 0. The fraction of sp³-hybridized carbons (Fsp3) is 0.885. The van der Waals surface area contributed by atoms with Gasteiger partial charge in [0.2, 0.25) is 17.7 Å². The van der Waals surface area contributed by atoms with Gasteiger partial charge in [-0.15, -0.1) is 0 Å². The average molecular weight is 626 g/mol. The highest BCUT2D eigenvalue weighted by Crippen LogP contribution is 2.45. The van der Waals surface area contributed by atoms with Crippen LogP contribution in [0.3, 0.4) is 0 Å². The van der Waals surface area contributed by atoms with Gasteiger partial charge < -0.3 is 45.6 Å². The topological polar surface area (TPSA) is 224 Å². The Hall–Kier alpha value is -1.68. The number of carbonyl (C=O) groups excluding carboxylic acids is 3. The van der Waals surface area contributed by atoms with Crippen LogP contribution in [0.4, 0.5) is 0 Å². The van der Waals surface area contributed by atoms with Gasteiger partial charge in [-0.25, -0.2) is 4.57 Å². The van der Waals surface area contributed by atoms with Gasteiger partial charge in [0.25, 0.3) is 0 Å². The van der Waals surface area contributed by atoms with Gasteiger partial charge in [0.15, 0.2) is 0 Å². The number of nitrogens with one attached hydrogen (secondary N) is 2. The monoisotopic (exact) mass is 625 g/mol. The van der Waals surface area contributed by atoms with E-state index < -0.39 is 57.0 Å². The molecule has 2 fully saturated rings. The van der Waals surface area contributed by atoms with Crippen LogP contribution in [0.5, 0.6) is 0 Å². The Morgan fingerprint density at radius 2 is 1.67 bits per heavy atom. The standard InChI is InChI=1S/C26H48N3O12P/c1-17(32)28-24-20(40-21(16-31)25(35)26(24)36)9-5-3-6-10-22(33)27-12-8-4-7-11-23(34)29-14-19(13-18(29)15-30)41-42(37,38)39-2/h18-21,24-26,30-31,35-36H,3-16H2,1-2H3,(H,27,33)(H,28,32)(H,37,38)/t18-,19+,20?,21?,24?,25?,26?/m0/s1. The van der Waals surface area contributed by atoms with E-state index in [0.29, 0.717) is 57.9 Å². The highest BCUT2D eigenvalue weighted by atomic mass is 31.2. The maximum atomic E-state index is 12.6. The molecule has 0 aromatic heterocycles. The van der Waals surface area contributed by atoms with Crippen molar-refractivity contribution in [1.82, 2.24) is 15.5 Å². The van der Waals surface area contributed by atoms with Gasteiger partial charge in [-0.05, 0) is 32.1 Å². The van der Waals surface area contributed by atoms with Crippen molar-refractivity contribution < 1.29 is 58.1 Å². The van der Waals surface area contributed by atoms with Crippen molar-refractivity contribution in [3.8, 4) is 0 Å². The van der Waals surface area contributed by atoms with E-state index in [9.17, 15) is 44.3 Å². The van der Waals surface area contributed by atoms with Crippen LogP contribution in [0.2, 0.25) is 0 Å². The van der Waals surface area contributed by atoms with E-state index in [1.807, 2.05) is 0 Å². The molecule has 2 rings (SSSR count). The van der Waals surface area contributed by atoms with E-state index in [1.165, 1.54) is 11.8 Å². The summed E-state index contributed by atoms with van der Waals surface area (Å²) in [5.74, 6) is -0.619. The van der Waals surface area contributed by atoms with E-state index in [4.69, 9.17) is 9.26 Å². The number of hydrogen-bond donors (Lipinski definition) is 7. The van der Waals surface area contributed by atoms with E-state index >= 15 is 0 Å². The van der Waals surface area contributed by atoms with E-state index in [0.717, 1.165) is 7.11 Å². The number of nitrogens with zero attached hydrogens (tertiary/aromatic N) is 1. The number of unbranched alkanes of at least 4 members (excludes halogenated alkanes) is 4. The minimum Gasteiger partial charge on any atom is -0.394 e. The van der Waals surface area contributed by atoms with Gasteiger partial charge in [-0.3, -0.25) is 23.4 Å². The SMILES string of the molecule is COP(=O)(O)O[C@@H]1C[C@@H](CO)N(C(=O)CCCCCNC(=O)CCCCCC2OC(CO)C(O)C(O)C2NC(C)=O)C1. The molecule has 0 spiro atoms. The van der Waals surface area contributed by atoms with Crippen molar-refractivity contribution in [2.45, 2.75) is 114 Å². The predicted octanol–water partition coefficient (Wildman–Crippen LogP) is -0.675. The number of amides is 3. The minimum atomic E-state index is -4.18. The number of phosphoric acid groups is 1. The number of aliphatic hydroxyl groups is 4. The summed E-state index contributed by atoms with van der Waals surface area (Å²) in [5, 5.41) is 44.9. The lowest BCUT2D eigenvalue weighted by Crippen LogP contribution is -2.63. The first kappa shape index (κ1) is 36.5. The normalized spacial score (nSPS) is 29.2. The molecule has 0 saturated carbocycles. The van der Waals surface area contributed by atoms with E-state index in [-0.39, 0.29) is 43.7 Å². The van der Waals surface area contributed by atoms with Gasteiger partial charge in [0.05, 0.1) is 37.5 Å². The molecule has 0 aromatic rings. The first-order valence-electron chi connectivity index (χ1n) is 14.6. The van der Waals surface area contributed by atoms with Crippen LogP contribution in [0.1, 0.15) is 71.1 Å². The van der Waals surface area contributed by atoms with Gasteiger partial charge in [0.1, 0.15) is 18.3 Å². The molecule has 0 aromatic carbocycles. The highest BCUT2D eigenvalue weighted by Gasteiger charge is 2.44. The molecule has 0 radical (unpaired) electrons. The zero-order valence-corrected chi connectivity index (χ0v) is 25.3. The molecule has 7 N–H and O–H groups in total. The fourth-order valence-corrected chi connectivity index (χ4v) is 5.97. The van der Waals surface area contributed by atoms with Crippen molar-refractivity contribution in [3.63, 3.8) is 0 Å². The second kappa shape index (κ2) is 18.2. The summed E-state index contributed by atoms with van der Waals surface area (Å²) in [6.45, 7) is 1.16. The molecular formula is C26H48N3O12P. The van der Waals surface area contributed by atoms with Crippen molar-refractivity contribution >= 4 is 25.5 Å². The van der Waals surface area contributed by atoms with Crippen molar-refractivity contribution in [1.29, 1.82) is 0 Å². The third-order valence-electron chi connectivity index (χ3n) is 7.60. The molecule has 16 heteroatoms. The molecule has 6 unspecified atom stereocenters. The Morgan fingerprint density at radius 1 is 0.976 bits per heavy atom. The first-order chi connectivity index (χ1) is 19.9. The second-order valence-electron chi connectivity index (χ2n) is 10.9. The molecule has 244 valence electrons. The molecule has 2 heterocycles. The molecule has 42 heavy (non-hydrogen) atoms. The number of phosphoric ester groups is 1. The Kier molecular flexibility index (Phi) is 15.8. The van der Waals surface area contributed by atoms with Crippen LogP contribution in [0.25, 0.3) is 0 Å². The second-order valence-corrected chi connectivity index (χ2v) is 12.4. The van der Waals surface area contributed by atoms with Crippen LogP contribution < -0.4 is 10.6 Å². The van der Waals surface area contributed by atoms with Crippen molar-refractivity contribution in [2.24, 2.45) is 0 Å². The molecule has 15 nitrogen and oxygen atoms in total. The maximum absolute atomic E-state index is 12.6. The Bertz CT molecular complexity index is 912. The van der Waals surface area contributed by atoms with Crippen molar-refractivity contribution in [3.05, 3.63) is 0 Å². The smallest absolute Gasteiger partial charge is 0.394 e. The van der Waals surface area contributed by atoms with Gasteiger partial charge in [0, 0.05) is 40.0 Å². The molecule has 3 amide bonds. The van der Waals surface area contributed by atoms with Crippen LogP contribution in [-0.4, -0.2) is 124 Å². The number of hydrogen-bond acceptors (Lipinski definition) is 11. The molecule has 0 aliphatic carbocycles. The fourth-order valence-electron chi connectivity index (χ4n) is 5.36. The number of likely N-dealkylation sites (tertiary alicyclic amines) is 1. The maximum Gasteiger partial charge on any atom is 0.472 e. The molecule has 2 aliphatic heterocycles. The molecule has 2 aliphatic rings. The van der Waals surface area contributed by atoms with Crippen LogP contribution in [0.15, 0.2) is 0 Å². The third-order valence-corrected chi connectivity index (χ3v) is 8.63. The zero-order valence-electron chi connectivity index (χ0n) is 24.4. The number of aliphatic hydroxyl groups excluding tert-OH is 4.